The second kappa shape index (κ2) is 10.1. The summed E-state index contributed by atoms with van der Waals surface area (Å²) in [6.45, 7) is 1.64. The Balaban J connectivity index is 1.60. The summed E-state index contributed by atoms with van der Waals surface area (Å²) in [5.41, 5.74) is 1.34. The van der Waals surface area contributed by atoms with Crippen LogP contribution in [0.1, 0.15) is 12.5 Å². The largest absolute Gasteiger partial charge is 0.479 e. The van der Waals surface area contributed by atoms with Crippen molar-refractivity contribution in [3.05, 3.63) is 75.1 Å². The predicted molar refractivity (Wildman–Crippen MR) is 138 cm³/mol. The Hall–Kier alpha value is -2.58. The molecule has 1 heterocycles. The van der Waals surface area contributed by atoms with Crippen LogP contribution in [0.2, 0.25) is 10.0 Å². The van der Waals surface area contributed by atoms with Gasteiger partial charge >= 0.3 is 5.97 Å². The Labute approximate surface area is 210 Å². The van der Waals surface area contributed by atoms with Crippen molar-refractivity contribution in [2.75, 3.05) is 18.1 Å². The minimum absolute atomic E-state index is 0.173. The molecule has 0 bridgehead atoms. The number of nitrogens with zero attached hydrogens (tertiary/aromatic N) is 1. The number of amides is 1. The van der Waals surface area contributed by atoms with E-state index < -0.39 is 5.97 Å². The van der Waals surface area contributed by atoms with E-state index in [0.29, 0.717) is 14.8 Å². The summed E-state index contributed by atoms with van der Waals surface area (Å²) >= 11 is 19.4. The van der Waals surface area contributed by atoms with E-state index in [0.717, 1.165) is 16.5 Å². The molecule has 0 spiro atoms. The number of esters is 1. The number of ether oxygens (including phenoxy) is 2. The van der Waals surface area contributed by atoms with Gasteiger partial charge in [-0.3, -0.25) is 9.69 Å². The third kappa shape index (κ3) is 5.01. The van der Waals surface area contributed by atoms with Gasteiger partial charge in [0, 0.05) is 5.39 Å². The zero-order chi connectivity index (χ0) is 23.5. The lowest BCUT2D eigenvalue weighted by atomic mass is 10.1. The number of halogens is 2. The standard InChI is InChI=1S/C24H17Cl2NO4S2/c1-2-30-21(28)13-31-22-17(25)10-14(11-18(22)26)12-20-23(29)27(24(32)33-20)19-9-5-7-15-6-3-4-8-16(15)19/h3-12H,2,13H2,1H3/b20-12+. The Morgan fingerprint density at radius 2 is 1.82 bits per heavy atom. The predicted octanol–water partition coefficient (Wildman–Crippen LogP) is 6.49. The maximum absolute atomic E-state index is 13.2. The molecule has 1 amide bonds. The lowest BCUT2D eigenvalue weighted by Gasteiger charge is -2.17. The van der Waals surface area contributed by atoms with Crippen molar-refractivity contribution in [2.45, 2.75) is 6.92 Å². The Bertz CT molecular complexity index is 1280. The summed E-state index contributed by atoms with van der Waals surface area (Å²) in [6, 6.07) is 16.8. The molecule has 168 valence electrons. The highest BCUT2D eigenvalue weighted by Crippen LogP contribution is 2.40. The lowest BCUT2D eigenvalue weighted by molar-refractivity contribution is -0.145. The molecule has 1 fully saturated rings. The summed E-state index contributed by atoms with van der Waals surface area (Å²) < 4.78 is 10.7. The van der Waals surface area contributed by atoms with E-state index in [2.05, 4.69) is 0 Å². The van der Waals surface area contributed by atoms with Gasteiger partial charge in [-0.1, -0.05) is 83.6 Å². The maximum Gasteiger partial charge on any atom is 0.344 e. The first-order chi connectivity index (χ1) is 15.9. The van der Waals surface area contributed by atoms with Gasteiger partial charge in [-0.15, -0.1) is 0 Å². The van der Waals surface area contributed by atoms with Gasteiger partial charge in [0.25, 0.3) is 5.91 Å². The topological polar surface area (TPSA) is 55.8 Å². The molecule has 0 aromatic heterocycles. The van der Waals surface area contributed by atoms with Crippen LogP contribution in [0, 0.1) is 0 Å². The van der Waals surface area contributed by atoms with Gasteiger partial charge < -0.3 is 9.47 Å². The van der Waals surface area contributed by atoms with E-state index in [1.165, 1.54) is 16.7 Å². The molecule has 9 heteroatoms. The molecular formula is C24H17Cl2NO4S2. The number of rotatable bonds is 6. The van der Waals surface area contributed by atoms with Gasteiger partial charge in [0.15, 0.2) is 16.7 Å². The van der Waals surface area contributed by atoms with Crippen molar-refractivity contribution in [3.8, 4) is 5.75 Å². The second-order valence-corrected chi connectivity index (χ2v) is 9.41. The average molecular weight is 518 g/mol. The van der Waals surface area contributed by atoms with E-state index in [1.807, 2.05) is 42.5 Å². The molecule has 3 aromatic rings. The zero-order valence-corrected chi connectivity index (χ0v) is 20.5. The van der Waals surface area contributed by atoms with E-state index in [-0.39, 0.29) is 34.9 Å². The van der Waals surface area contributed by atoms with E-state index in [4.69, 9.17) is 44.9 Å². The van der Waals surface area contributed by atoms with Crippen LogP contribution in [0.25, 0.3) is 16.8 Å². The van der Waals surface area contributed by atoms with Gasteiger partial charge in [0.1, 0.15) is 0 Å². The van der Waals surface area contributed by atoms with Gasteiger partial charge in [-0.2, -0.15) is 0 Å². The average Bonchev–Trinajstić information content (AvgIpc) is 3.05. The molecule has 0 radical (unpaired) electrons. The molecule has 0 saturated carbocycles. The molecule has 1 aliphatic rings. The summed E-state index contributed by atoms with van der Waals surface area (Å²) in [4.78, 5) is 26.8. The highest BCUT2D eigenvalue weighted by Gasteiger charge is 2.34. The van der Waals surface area contributed by atoms with Crippen LogP contribution < -0.4 is 9.64 Å². The van der Waals surface area contributed by atoms with Crippen LogP contribution in [0.3, 0.4) is 0 Å². The normalized spacial score (nSPS) is 14.9. The first-order valence-electron chi connectivity index (χ1n) is 9.92. The summed E-state index contributed by atoms with van der Waals surface area (Å²) in [5.74, 6) is -0.575. The van der Waals surface area contributed by atoms with Crippen molar-refractivity contribution in [1.29, 1.82) is 0 Å². The molecule has 3 aromatic carbocycles. The van der Waals surface area contributed by atoms with Gasteiger partial charge in [0.2, 0.25) is 0 Å². The number of thioether (sulfide) groups is 1. The number of thiocarbonyl (C=S) groups is 1. The number of hydrogen-bond acceptors (Lipinski definition) is 6. The van der Waals surface area contributed by atoms with Gasteiger partial charge in [-0.05, 0) is 42.1 Å². The van der Waals surface area contributed by atoms with Crippen molar-refractivity contribution >= 4 is 85.9 Å². The maximum atomic E-state index is 13.2. The van der Waals surface area contributed by atoms with Crippen LogP contribution in [0.4, 0.5) is 5.69 Å². The summed E-state index contributed by atoms with van der Waals surface area (Å²) in [7, 11) is 0. The lowest BCUT2D eigenvalue weighted by Crippen LogP contribution is -2.27. The van der Waals surface area contributed by atoms with Crippen LogP contribution in [0.15, 0.2) is 59.5 Å². The van der Waals surface area contributed by atoms with Gasteiger partial charge in [-0.25, -0.2) is 4.79 Å². The van der Waals surface area contributed by atoms with Crippen LogP contribution in [-0.4, -0.2) is 29.4 Å². The summed E-state index contributed by atoms with van der Waals surface area (Å²) in [6.07, 6.45) is 1.68. The van der Waals surface area contributed by atoms with Crippen molar-refractivity contribution < 1.29 is 19.1 Å². The monoisotopic (exact) mass is 517 g/mol. The van der Waals surface area contributed by atoms with Crippen LogP contribution in [-0.2, 0) is 14.3 Å². The first-order valence-corrected chi connectivity index (χ1v) is 11.9. The third-order valence-corrected chi connectivity index (χ3v) is 6.62. The summed E-state index contributed by atoms with van der Waals surface area (Å²) in [5, 5.41) is 2.38. The first kappa shape index (κ1) is 23.6. The van der Waals surface area contributed by atoms with Crippen LogP contribution >= 0.6 is 47.2 Å². The molecule has 0 unspecified atom stereocenters. The molecule has 1 aliphatic heterocycles. The van der Waals surface area contributed by atoms with Crippen molar-refractivity contribution in [2.24, 2.45) is 0 Å². The molecule has 4 rings (SSSR count). The molecule has 0 atom stereocenters. The number of carbonyl (C=O) groups excluding carboxylic acids is 2. The Kier molecular flexibility index (Phi) is 7.24. The fourth-order valence-electron chi connectivity index (χ4n) is 3.36. The third-order valence-electron chi connectivity index (χ3n) is 4.76. The molecular weight excluding hydrogens is 501 g/mol. The minimum Gasteiger partial charge on any atom is -0.479 e. The van der Waals surface area contributed by atoms with Gasteiger partial charge in [0.05, 0.1) is 27.2 Å². The zero-order valence-electron chi connectivity index (χ0n) is 17.3. The molecule has 1 saturated heterocycles. The Morgan fingerprint density at radius 1 is 1.12 bits per heavy atom. The number of benzene rings is 3. The van der Waals surface area contributed by atoms with E-state index in [1.54, 1.807) is 25.1 Å². The highest BCUT2D eigenvalue weighted by molar-refractivity contribution is 8.27. The second-order valence-electron chi connectivity index (χ2n) is 6.92. The quantitative estimate of drug-likeness (QED) is 0.211. The smallest absolute Gasteiger partial charge is 0.344 e. The SMILES string of the molecule is CCOC(=O)COc1c(Cl)cc(/C=C2/SC(=S)N(c3cccc4ccccc34)C2=O)cc1Cl. The molecule has 33 heavy (non-hydrogen) atoms. The Morgan fingerprint density at radius 3 is 2.55 bits per heavy atom. The number of hydrogen-bond donors (Lipinski definition) is 0. The van der Waals surface area contributed by atoms with E-state index in [9.17, 15) is 9.59 Å². The molecule has 5 nitrogen and oxygen atoms in total. The number of fused-ring (bicyclic) bond motifs is 1. The molecule has 0 N–H and O–H groups in total. The highest BCUT2D eigenvalue weighted by atomic mass is 35.5. The van der Waals surface area contributed by atoms with Crippen molar-refractivity contribution in [3.63, 3.8) is 0 Å². The minimum atomic E-state index is -0.522. The van der Waals surface area contributed by atoms with Crippen molar-refractivity contribution in [1.82, 2.24) is 0 Å². The molecule has 0 aliphatic carbocycles. The fraction of sp³-hybridized carbons (Fsp3) is 0.125. The van der Waals surface area contributed by atoms with Crippen LogP contribution in [0.5, 0.6) is 5.75 Å². The number of carbonyl (C=O) groups is 2. The van der Waals surface area contributed by atoms with E-state index >= 15 is 0 Å². The fourth-order valence-corrected chi connectivity index (χ4v) is 5.26. The number of anilines is 1.